The second-order valence-corrected chi connectivity index (χ2v) is 4.49. The van der Waals surface area contributed by atoms with Gasteiger partial charge in [0.25, 0.3) is 5.91 Å². The predicted octanol–water partition coefficient (Wildman–Crippen LogP) is 2.41. The van der Waals surface area contributed by atoms with E-state index in [9.17, 15) is 4.79 Å². The minimum absolute atomic E-state index is 0.125. The normalized spacial score (nSPS) is 13.6. The van der Waals surface area contributed by atoms with E-state index in [4.69, 9.17) is 0 Å². The number of hydrogen-bond acceptors (Lipinski definition) is 2. The zero-order chi connectivity index (χ0) is 12.5. The third-order valence-corrected chi connectivity index (χ3v) is 3.41. The zero-order valence-corrected chi connectivity index (χ0v) is 10.4. The molecule has 2 aromatic rings. The number of nitrogens with zero attached hydrogens (tertiary/aromatic N) is 1. The minimum Gasteiger partial charge on any atom is -0.315 e. The van der Waals surface area contributed by atoms with E-state index in [0.717, 1.165) is 41.7 Å². The maximum atomic E-state index is 12.4. The van der Waals surface area contributed by atoms with Crippen molar-refractivity contribution < 1.29 is 4.79 Å². The molecule has 0 aliphatic carbocycles. The molecule has 0 bridgehead atoms. The lowest BCUT2D eigenvalue weighted by Crippen LogP contribution is -2.34. The minimum atomic E-state index is 0.125. The van der Waals surface area contributed by atoms with Crippen molar-refractivity contribution >= 4 is 22.4 Å². The first kappa shape index (κ1) is 11.2. The van der Waals surface area contributed by atoms with E-state index < -0.39 is 0 Å². The summed E-state index contributed by atoms with van der Waals surface area (Å²) < 4.78 is 0. The summed E-state index contributed by atoms with van der Waals surface area (Å²) in [7, 11) is 0. The van der Waals surface area contributed by atoms with E-state index in [2.05, 4.69) is 24.4 Å². The van der Waals surface area contributed by atoms with Crippen LogP contribution in [0.15, 0.2) is 36.4 Å². The van der Waals surface area contributed by atoms with Gasteiger partial charge >= 0.3 is 0 Å². The molecule has 2 aromatic carbocycles. The molecule has 1 N–H and O–H groups in total. The molecular formula is C15H16N2O. The summed E-state index contributed by atoms with van der Waals surface area (Å²) in [6.45, 7) is 4.55. The maximum absolute atomic E-state index is 12.4. The van der Waals surface area contributed by atoms with Crippen molar-refractivity contribution in [2.75, 3.05) is 24.5 Å². The molecule has 3 heteroatoms. The van der Waals surface area contributed by atoms with E-state index in [1.54, 1.807) is 0 Å². The third-order valence-electron chi connectivity index (χ3n) is 3.41. The molecule has 0 radical (unpaired) electrons. The smallest absolute Gasteiger partial charge is 0.259 e. The topological polar surface area (TPSA) is 32.3 Å². The first-order valence-electron chi connectivity index (χ1n) is 6.37. The van der Waals surface area contributed by atoms with Gasteiger partial charge in [0.1, 0.15) is 0 Å². The van der Waals surface area contributed by atoms with Crippen LogP contribution in [0.3, 0.4) is 0 Å². The number of amides is 1. The predicted molar refractivity (Wildman–Crippen MR) is 74.2 cm³/mol. The maximum Gasteiger partial charge on any atom is 0.259 e. The first-order chi connectivity index (χ1) is 8.83. The molecule has 0 fully saturated rings. The summed E-state index contributed by atoms with van der Waals surface area (Å²) in [4.78, 5) is 14.2. The highest BCUT2D eigenvalue weighted by Gasteiger charge is 2.28. The van der Waals surface area contributed by atoms with Gasteiger partial charge in [0, 0.05) is 24.0 Å². The quantitative estimate of drug-likeness (QED) is 0.832. The fraction of sp³-hybridized carbons (Fsp3) is 0.267. The Hall–Kier alpha value is -1.87. The van der Waals surface area contributed by atoms with Crippen LogP contribution in [-0.2, 0) is 0 Å². The SMILES string of the molecule is CCNCCN1C(=O)c2cccc3cccc1c23. The van der Waals surface area contributed by atoms with Gasteiger partial charge in [-0.1, -0.05) is 31.2 Å². The van der Waals surface area contributed by atoms with Crippen molar-refractivity contribution in [2.45, 2.75) is 6.92 Å². The highest BCUT2D eigenvalue weighted by atomic mass is 16.2. The zero-order valence-electron chi connectivity index (χ0n) is 10.4. The molecule has 1 aliphatic rings. The highest BCUT2D eigenvalue weighted by Crippen LogP contribution is 2.36. The molecule has 92 valence electrons. The summed E-state index contributed by atoms with van der Waals surface area (Å²) in [5.41, 5.74) is 1.88. The van der Waals surface area contributed by atoms with E-state index in [1.807, 2.05) is 29.2 Å². The summed E-state index contributed by atoms with van der Waals surface area (Å²) in [5, 5.41) is 5.50. The van der Waals surface area contributed by atoms with Gasteiger partial charge in [-0.05, 0) is 24.1 Å². The van der Waals surface area contributed by atoms with Crippen molar-refractivity contribution in [3.05, 3.63) is 42.0 Å². The Morgan fingerprint density at radius 2 is 1.94 bits per heavy atom. The van der Waals surface area contributed by atoms with Crippen molar-refractivity contribution in [1.29, 1.82) is 0 Å². The molecule has 0 spiro atoms. The molecule has 3 rings (SSSR count). The van der Waals surface area contributed by atoms with Crippen LogP contribution in [0.4, 0.5) is 5.69 Å². The molecule has 0 saturated heterocycles. The lowest BCUT2D eigenvalue weighted by Gasteiger charge is -2.17. The first-order valence-corrected chi connectivity index (χ1v) is 6.37. The fourth-order valence-corrected chi connectivity index (χ4v) is 2.57. The Kier molecular flexibility index (Phi) is 2.76. The van der Waals surface area contributed by atoms with Crippen LogP contribution in [-0.4, -0.2) is 25.5 Å². The Bertz CT molecular complexity index is 601. The molecule has 18 heavy (non-hydrogen) atoms. The number of anilines is 1. The molecule has 1 aliphatic heterocycles. The van der Waals surface area contributed by atoms with Crippen molar-refractivity contribution in [3.63, 3.8) is 0 Å². The largest absolute Gasteiger partial charge is 0.315 e. The monoisotopic (exact) mass is 240 g/mol. The van der Waals surface area contributed by atoms with Crippen LogP contribution in [0.5, 0.6) is 0 Å². The number of benzene rings is 2. The summed E-state index contributed by atoms with van der Waals surface area (Å²) >= 11 is 0. The van der Waals surface area contributed by atoms with E-state index >= 15 is 0 Å². The summed E-state index contributed by atoms with van der Waals surface area (Å²) in [5.74, 6) is 0.125. The van der Waals surface area contributed by atoms with E-state index in [0.29, 0.717) is 0 Å². The Balaban J connectivity index is 2.03. The number of rotatable bonds is 4. The van der Waals surface area contributed by atoms with Gasteiger partial charge in [-0.2, -0.15) is 0 Å². The molecule has 3 nitrogen and oxygen atoms in total. The van der Waals surface area contributed by atoms with Crippen molar-refractivity contribution in [1.82, 2.24) is 5.32 Å². The van der Waals surface area contributed by atoms with Crippen LogP contribution in [0.25, 0.3) is 10.8 Å². The van der Waals surface area contributed by atoms with Gasteiger partial charge < -0.3 is 10.2 Å². The molecule has 0 atom stereocenters. The average molecular weight is 240 g/mol. The Labute approximate surface area is 106 Å². The second kappa shape index (κ2) is 4.42. The Morgan fingerprint density at radius 3 is 2.72 bits per heavy atom. The Morgan fingerprint density at radius 1 is 1.17 bits per heavy atom. The van der Waals surface area contributed by atoms with E-state index in [-0.39, 0.29) is 5.91 Å². The third kappa shape index (κ3) is 1.59. The summed E-state index contributed by atoms with van der Waals surface area (Å²) in [6.07, 6.45) is 0. The van der Waals surface area contributed by atoms with Crippen molar-refractivity contribution in [2.24, 2.45) is 0 Å². The molecule has 0 saturated carbocycles. The number of carbonyl (C=O) groups excluding carboxylic acids is 1. The lowest BCUT2D eigenvalue weighted by atomic mass is 10.1. The number of nitrogens with one attached hydrogen (secondary N) is 1. The average Bonchev–Trinajstić information content (AvgIpc) is 2.67. The van der Waals surface area contributed by atoms with Crippen LogP contribution in [0.1, 0.15) is 17.3 Å². The number of carbonyl (C=O) groups is 1. The highest BCUT2D eigenvalue weighted by molar-refractivity contribution is 6.24. The lowest BCUT2D eigenvalue weighted by molar-refractivity contribution is 0.0993. The second-order valence-electron chi connectivity index (χ2n) is 4.49. The molecule has 0 aromatic heterocycles. The van der Waals surface area contributed by atoms with Gasteiger partial charge in [0.2, 0.25) is 0 Å². The molecular weight excluding hydrogens is 224 g/mol. The van der Waals surface area contributed by atoms with Gasteiger partial charge in [-0.15, -0.1) is 0 Å². The summed E-state index contributed by atoms with van der Waals surface area (Å²) in [6, 6.07) is 12.0. The van der Waals surface area contributed by atoms with Crippen LogP contribution in [0.2, 0.25) is 0 Å². The number of hydrogen-bond donors (Lipinski definition) is 1. The standard InChI is InChI=1S/C15H16N2O/c1-2-16-9-10-17-13-8-4-6-11-5-3-7-12(14(11)13)15(17)18/h3-8,16H,2,9-10H2,1H3. The van der Waals surface area contributed by atoms with Crippen LogP contribution >= 0.6 is 0 Å². The van der Waals surface area contributed by atoms with Crippen LogP contribution in [0, 0.1) is 0 Å². The van der Waals surface area contributed by atoms with Gasteiger partial charge in [0.15, 0.2) is 0 Å². The van der Waals surface area contributed by atoms with Crippen LogP contribution < -0.4 is 10.2 Å². The number of likely N-dealkylation sites (N-methyl/N-ethyl adjacent to an activating group) is 1. The van der Waals surface area contributed by atoms with Gasteiger partial charge in [-0.3, -0.25) is 4.79 Å². The molecule has 1 heterocycles. The van der Waals surface area contributed by atoms with E-state index in [1.165, 1.54) is 0 Å². The van der Waals surface area contributed by atoms with Crippen molar-refractivity contribution in [3.8, 4) is 0 Å². The molecule has 0 unspecified atom stereocenters. The molecule has 1 amide bonds. The van der Waals surface area contributed by atoms with Gasteiger partial charge in [-0.25, -0.2) is 0 Å². The van der Waals surface area contributed by atoms with Gasteiger partial charge in [0.05, 0.1) is 5.69 Å². The fourth-order valence-electron chi connectivity index (χ4n) is 2.57.